The maximum atomic E-state index is 10.7. The van der Waals surface area contributed by atoms with Gasteiger partial charge in [-0.15, -0.1) is 0 Å². The predicted octanol–water partition coefficient (Wildman–Crippen LogP) is 1.63. The molecular formula is C11H12N4O3. The van der Waals surface area contributed by atoms with E-state index in [2.05, 4.69) is 10.2 Å². The molecule has 0 fully saturated rings. The lowest BCUT2D eigenvalue weighted by atomic mass is 10.2. The summed E-state index contributed by atoms with van der Waals surface area (Å²) in [7, 11) is 1.57. The number of aryl methyl sites for hydroxylation is 1. The lowest BCUT2D eigenvalue weighted by Gasteiger charge is -2.03. The Morgan fingerprint density at radius 2 is 2.28 bits per heavy atom. The van der Waals surface area contributed by atoms with Crippen LogP contribution in [0.4, 0.5) is 5.69 Å². The van der Waals surface area contributed by atoms with E-state index in [0.29, 0.717) is 18.0 Å². The van der Waals surface area contributed by atoms with Crippen LogP contribution >= 0.6 is 0 Å². The third-order valence-electron chi connectivity index (χ3n) is 2.45. The summed E-state index contributed by atoms with van der Waals surface area (Å²) in [6.45, 7) is 2.20. The van der Waals surface area contributed by atoms with Gasteiger partial charge in [-0.1, -0.05) is 6.07 Å². The van der Waals surface area contributed by atoms with Crippen LogP contribution in [0, 0.1) is 17.0 Å². The highest BCUT2D eigenvalue weighted by atomic mass is 16.6. The highest BCUT2D eigenvalue weighted by Crippen LogP contribution is 2.19. The van der Waals surface area contributed by atoms with Gasteiger partial charge in [0.2, 0.25) is 0 Å². The van der Waals surface area contributed by atoms with Gasteiger partial charge in [0, 0.05) is 19.2 Å². The number of hydrogen-bond acceptors (Lipinski definition) is 5. The minimum Gasteiger partial charge on any atom is -0.378 e. The van der Waals surface area contributed by atoms with Crippen LogP contribution in [-0.4, -0.2) is 27.0 Å². The molecule has 0 saturated carbocycles. The summed E-state index contributed by atoms with van der Waals surface area (Å²) in [5.41, 5.74) is 2.14. The zero-order valence-corrected chi connectivity index (χ0v) is 10.0. The maximum Gasteiger partial charge on any atom is 0.271 e. The van der Waals surface area contributed by atoms with Crippen molar-refractivity contribution in [3.8, 4) is 5.69 Å². The number of benzene rings is 1. The summed E-state index contributed by atoms with van der Waals surface area (Å²) in [5, 5.41) is 19.0. The molecule has 7 heteroatoms. The number of nitro benzene ring substituents is 1. The van der Waals surface area contributed by atoms with E-state index in [1.54, 1.807) is 19.4 Å². The van der Waals surface area contributed by atoms with Gasteiger partial charge in [0.1, 0.15) is 5.69 Å². The summed E-state index contributed by atoms with van der Waals surface area (Å²) in [6, 6.07) is 4.58. The first kappa shape index (κ1) is 12.2. The fraction of sp³-hybridized carbons (Fsp3) is 0.273. The fourth-order valence-corrected chi connectivity index (χ4v) is 1.55. The summed E-state index contributed by atoms with van der Waals surface area (Å²) >= 11 is 0. The molecule has 2 aromatic rings. The Kier molecular flexibility index (Phi) is 3.33. The molecule has 0 spiro atoms. The molecule has 0 aliphatic heterocycles. The van der Waals surface area contributed by atoms with Gasteiger partial charge < -0.3 is 4.74 Å². The molecule has 0 saturated heterocycles. The van der Waals surface area contributed by atoms with E-state index < -0.39 is 4.92 Å². The van der Waals surface area contributed by atoms with Crippen LogP contribution in [0.3, 0.4) is 0 Å². The number of aromatic nitrogens is 3. The predicted molar refractivity (Wildman–Crippen MR) is 63.5 cm³/mol. The molecule has 0 atom stereocenters. The SMILES string of the molecule is COCc1cnn(-c2cc([N+](=O)[O-])ccc2C)n1. The fourth-order valence-electron chi connectivity index (χ4n) is 1.55. The van der Waals surface area contributed by atoms with Crippen molar-refractivity contribution in [2.45, 2.75) is 13.5 Å². The molecule has 0 amide bonds. The smallest absolute Gasteiger partial charge is 0.271 e. The summed E-state index contributed by atoms with van der Waals surface area (Å²) < 4.78 is 4.95. The first-order valence-electron chi connectivity index (χ1n) is 5.27. The molecule has 0 radical (unpaired) electrons. The van der Waals surface area contributed by atoms with Crippen LogP contribution in [0.2, 0.25) is 0 Å². The highest BCUT2D eigenvalue weighted by molar-refractivity contribution is 5.47. The lowest BCUT2D eigenvalue weighted by Crippen LogP contribution is -2.03. The van der Waals surface area contributed by atoms with Gasteiger partial charge in [0.15, 0.2) is 0 Å². The Hall–Kier alpha value is -2.28. The molecule has 0 bridgehead atoms. The zero-order chi connectivity index (χ0) is 13.1. The van der Waals surface area contributed by atoms with Crippen molar-refractivity contribution in [1.29, 1.82) is 0 Å². The molecule has 1 aromatic heterocycles. The number of methoxy groups -OCH3 is 1. The van der Waals surface area contributed by atoms with Crippen molar-refractivity contribution in [2.24, 2.45) is 0 Å². The van der Waals surface area contributed by atoms with Gasteiger partial charge in [-0.05, 0) is 12.5 Å². The minimum atomic E-state index is -0.442. The van der Waals surface area contributed by atoms with E-state index in [-0.39, 0.29) is 5.69 Å². The number of ether oxygens (including phenoxy) is 1. The van der Waals surface area contributed by atoms with E-state index >= 15 is 0 Å². The lowest BCUT2D eigenvalue weighted by molar-refractivity contribution is -0.384. The number of rotatable bonds is 4. The quantitative estimate of drug-likeness (QED) is 0.606. The van der Waals surface area contributed by atoms with Crippen molar-refractivity contribution >= 4 is 5.69 Å². The standard InChI is InChI=1S/C11H12N4O3/c1-8-3-4-10(15(16)17)5-11(8)14-12-6-9(13-14)7-18-2/h3-6H,7H2,1-2H3. The van der Waals surface area contributed by atoms with Gasteiger partial charge in [0.25, 0.3) is 5.69 Å². The summed E-state index contributed by atoms with van der Waals surface area (Å²) in [6.07, 6.45) is 1.57. The van der Waals surface area contributed by atoms with Gasteiger partial charge >= 0.3 is 0 Å². The normalized spacial score (nSPS) is 10.6. The monoisotopic (exact) mass is 248 g/mol. The third-order valence-corrected chi connectivity index (χ3v) is 2.45. The number of nitro groups is 1. The number of nitrogens with zero attached hydrogens (tertiary/aromatic N) is 4. The Morgan fingerprint density at radius 1 is 1.50 bits per heavy atom. The van der Waals surface area contributed by atoms with Crippen LogP contribution in [0.1, 0.15) is 11.3 Å². The second kappa shape index (κ2) is 4.92. The molecule has 0 aliphatic carbocycles. The van der Waals surface area contributed by atoms with Crippen molar-refractivity contribution in [3.63, 3.8) is 0 Å². The highest BCUT2D eigenvalue weighted by Gasteiger charge is 2.12. The number of non-ortho nitro benzene ring substituents is 1. The van der Waals surface area contributed by atoms with Gasteiger partial charge in [-0.3, -0.25) is 10.1 Å². The third kappa shape index (κ3) is 2.35. The molecule has 94 valence electrons. The van der Waals surface area contributed by atoms with Gasteiger partial charge in [0.05, 0.1) is 23.4 Å². The van der Waals surface area contributed by atoms with Gasteiger partial charge in [-0.2, -0.15) is 15.0 Å². The van der Waals surface area contributed by atoms with Gasteiger partial charge in [-0.25, -0.2) is 0 Å². The second-order valence-corrected chi connectivity index (χ2v) is 3.79. The molecule has 0 unspecified atom stereocenters. The Bertz CT molecular complexity index is 579. The van der Waals surface area contributed by atoms with Crippen LogP contribution < -0.4 is 0 Å². The Morgan fingerprint density at radius 3 is 2.94 bits per heavy atom. The molecule has 0 N–H and O–H groups in total. The second-order valence-electron chi connectivity index (χ2n) is 3.79. The first-order valence-corrected chi connectivity index (χ1v) is 5.27. The first-order chi connectivity index (χ1) is 8.61. The molecule has 1 aromatic carbocycles. The van der Waals surface area contributed by atoms with Crippen LogP contribution in [0.5, 0.6) is 0 Å². The number of hydrogen-bond donors (Lipinski definition) is 0. The topological polar surface area (TPSA) is 83.1 Å². The average Bonchev–Trinajstić information content (AvgIpc) is 2.78. The molecule has 0 aliphatic rings. The minimum absolute atomic E-state index is 0.0150. The average molecular weight is 248 g/mol. The largest absolute Gasteiger partial charge is 0.378 e. The molecule has 2 rings (SSSR count). The molecule has 7 nitrogen and oxygen atoms in total. The molecule has 18 heavy (non-hydrogen) atoms. The van der Waals surface area contributed by atoms with Crippen LogP contribution in [0.25, 0.3) is 5.69 Å². The molecule has 1 heterocycles. The van der Waals surface area contributed by atoms with E-state index in [4.69, 9.17) is 4.74 Å². The van der Waals surface area contributed by atoms with E-state index in [9.17, 15) is 10.1 Å². The van der Waals surface area contributed by atoms with Crippen molar-refractivity contribution in [3.05, 3.63) is 45.8 Å². The van der Waals surface area contributed by atoms with E-state index in [1.165, 1.54) is 16.9 Å². The summed E-state index contributed by atoms with van der Waals surface area (Å²) in [5.74, 6) is 0. The zero-order valence-electron chi connectivity index (χ0n) is 10.0. The Labute approximate surface area is 103 Å². The van der Waals surface area contributed by atoms with Crippen molar-refractivity contribution in [1.82, 2.24) is 15.0 Å². The van der Waals surface area contributed by atoms with Crippen molar-refractivity contribution in [2.75, 3.05) is 7.11 Å². The van der Waals surface area contributed by atoms with E-state index in [0.717, 1.165) is 5.56 Å². The van der Waals surface area contributed by atoms with Crippen molar-refractivity contribution < 1.29 is 9.66 Å². The molecular weight excluding hydrogens is 236 g/mol. The maximum absolute atomic E-state index is 10.7. The van der Waals surface area contributed by atoms with E-state index in [1.807, 2.05) is 6.92 Å². The summed E-state index contributed by atoms with van der Waals surface area (Å²) in [4.78, 5) is 11.7. The van der Waals surface area contributed by atoms with Crippen LogP contribution in [0.15, 0.2) is 24.4 Å². The van der Waals surface area contributed by atoms with Crippen LogP contribution in [-0.2, 0) is 11.3 Å². The Balaban J connectivity index is 2.41.